The summed E-state index contributed by atoms with van der Waals surface area (Å²) in [7, 11) is 0. The number of allylic oxidation sites excluding steroid dienone is 1. The first kappa shape index (κ1) is 25.3. The molecule has 0 bridgehead atoms. The monoisotopic (exact) mass is 454 g/mol. The standard InChI is InChI=1S/C28H39NO4/c1-3-4-8-25-12-13-26(33-25)11-9-22-10-14-27(31)28(18-22)32-17-15-24-19-23(20-29-24)21(2)7-5-6-16-30/h10,12-14,18-21,25,30,33H,3-9,11,15-17H2,1-2H3/p+1/t21-,25?/m1/s1. The second-order valence-corrected chi connectivity index (χ2v) is 9.10. The predicted octanol–water partition coefficient (Wildman–Crippen LogP) is 5.62. The second-order valence-electron chi connectivity index (χ2n) is 9.10. The van der Waals surface area contributed by atoms with E-state index < -0.39 is 0 Å². The molecule has 2 atom stereocenters. The maximum Gasteiger partial charge on any atom is 0.178 e. The van der Waals surface area contributed by atoms with Gasteiger partial charge in [0.15, 0.2) is 17.2 Å². The number of aliphatic hydroxyl groups excluding tert-OH is 1. The Labute approximate surface area is 199 Å². The molecule has 2 heterocycles. The van der Waals surface area contributed by atoms with Gasteiger partial charge in [0.1, 0.15) is 30.9 Å². The lowest BCUT2D eigenvalue weighted by molar-refractivity contribution is -0.0480. The summed E-state index contributed by atoms with van der Waals surface area (Å²) in [6, 6.07) is 5.61. The average Bonchev–Trinajstić information content (AvgIpc) is 3.48. The van der Waals surface area contributed by atoms with Crippen LogP contribution in [-0.4, -0.2) is 40.5 Å². The number of ether oxygens (including phenoxy) is 2. The van der Waals surface area contributed by atoms with E-state index in [2.05, 4.69) is 37.1 Å². The molecular formula is C28H40NO4+. The van der Waals surface area contributed by atoms with Gasteiger partial charge in [-0.1, -0.05) is 19.4 Å². The minimum absolute atomic E-state index is 0.171. The number of aromatic hydroxyl groups is 1. The molecule has 180 valence electrons. The molecule has 0 radical (unpaired) electrons. The lowest BCUT2D eigenvalue weighted by Gasteiger charge is -2.17. The molecular weight excluding hydrogens is 414 g/mol. The number of aliphatic hydroxyl groups is 3. The highest BCUT2D eigenvalue weighted by atomic mass is 16.5. The molecule has 33 heavy (non-hydrogen) atoms. The van der Waals surface area contributed by atoms with Crippen molar-refractivity contribution in [3.05, 3.63) is 59.7 Å². The number of aryl methyl sites for hydroxylation is 1. The summed E-state index contributed by atoms with van der Waals surface area (Å²) in [4.78, 5) is 4.52. The maximum atomic E-state index is 10.2. The van der Waals surface area contributed by atoms with E-state index in [4.69, 9.17) is 14.6 Å². The summed E-state index contributed by atoms with van der Waals surface area (Å²) in [5.74, 6) is 2.39. The van der Waals surface area contributed by atoms with Crippen molar-refractivity contribution in [3.63, 3.8) is 0 Å². The minimum atomic E-state index is 0.171. The maximum absolute atomic E-state index is 10.2. The Morgan fingerprint density at radius 2 is 2.12 bits per heavy atom. The van der Waals surface area contributed by atoms with Gasteiger partial charge in [0.2, 0.25) is 0 Å². The number of rotatable bonds is 15. The molecule has 3 rings (SSSR count). The van der Waals surface area contributed by atoms with Gasteiger partial charge in [-0.3, -0.25) is 0 Å². The van der Waals surface area contributed by atoms with Gasteiger partial charge in [0.05, 0.1) is 12.5 Å². The van der Waals surface area contributed by atoms with Gasteiger partial charge < -0.3 is 19.7 Å². The number of phenolic OH excluding ortho intramolecular Hbond substituents is 1. The quantitative estimate of drug-likeness (QED) is 0.205. The van der Waals surface area contributed by atoms with E-state index in [1.54, 1.807) is 6.07 Å². The third-order valence-corrected chi connectivity index (χ3v) is 6.33. The smallest absolute Gasteiger partial charge is 0.178 e. The third-order valence-electron chi connectivity index (χ3n) is 6.33. The van der Waals surface area contributed by atoms with Crippen molar-refractivity contribution in [2.24, 2.45) is 10.9 Å². The molecule has 5 heteroatoms. The van der Waals surface area contributed by atoms with Gasteiger partial charge in [0, 0.05) is 18.9 Å². The van der Waals surface area contributed by atoms with Crippen LogP contribution in [0.15, 0.2) is 47.1 Å². The Morgan fingerprint density at radius 3 is 2.94 bits per heavy atom. The zero-order chi connectivity index (χ0) is 23.5. The summed E-state index contributed by atoms with van der Waals surface area (Å²) in [5, 5.41) is 19.2. The van der Waals surface area contributed by atoms with Gasteiger partial charge >= 0.3 is 0 Å². The van der Waals surface area contributed by atoms with Gasteiger partial charge in [-0.15, -0.1) is 17.1 Å². The summed E-state index contributed by atoms with van der Waals surface area (Å²) in [5.41, 5.74) is 2.15. The molecule has 0 spiro atoms. The number of aliphatic imine (C=N–C) groups is 1. The molecule has 0 aliphatic carbocycles. The Hall–Kier alpha value is -2.37. The molecule has 5 nitrogen and oxygen atoms in total. The number of unbranched alkanes of at least 4 members (excludes halogenated alkanes) is 2. The normalized spacial score (nSPS) is 18.3. The average molecular weight is 455 g/mol. The molecule has 2 aliphatic rings. The molecule has 0 fully saturated rings. The predicted molar refractivity (Wildman–Crippen MR) is 134 cm³/mol. The van der Waals surface area contributed by atoms with E-state index >= 15 is 0 Å². The molecule has 3 N–H and O–H groups in total. The van der Waals surface area contributed by atoms with Gasteiger partial charge in [-0.2, -0.15) is 0 Å². The van der Waals surface area contributed by atoms with Gasteiger partial charge in [-0.05, 0) is 63.1 Å². The topological polar surface area (TPSA) is 74.8 Å². The molecule has 0 saturated heterocycles. The van der Waals surface area contributed by atoms with E-state index in [9.17, 15) is 5.11 Å². The summed E-state index contributed by atoms with van der Waals surface area (Å²) in [6.45, 7) is 5.15. The number of hydrogen-bond acceptors (Lipinski definition) is 4. The lowest BCUT2D eigenvalue weighted by Crippen LogP contribution is -2.12. The molecule has 0 saturated carbocycles. The van der Waals surface area contributed by atoms with Crippen LogP contribution in [0.3, 0.4) is 0 Å². The van der Waals surface area contributed by atoms with Crippen LogP contribution in [0.1, 0.15) is 70.8 Å². The molecule has 0 amide bonds. The zero-order valence-corrected chi connectivity index (χ0v) is 20.2. The number of nitrogens with zero attached hydrogens (tertiary/aromatic N) is 1. The van der Waals surface area contributed by atoms with Crippen LogP contribution in [0.2, 0.25) is 0 Å². The van der Waals surface area contributed by atoms with Crippen LogP contribution in [0, 0.1) is 17.9 Å². The van der Waals surface area contributed by atoms with Crippen LogP contribution < -0.4 is 4.74 Å². The van der Waals surface area contributed by atoms with Crippen LogP contribution in [0.5, 0.6) is 11.5 Å². The Kier molecular flexibility index (Phi) is 10.2. The Balaban J connectivity index is 1.41. The van der Waals surface area contributed by atoms with Crippen molar-refractivity contribution in [2.45, 2.75) is 77.7 Å². The van der Waals surface area contributed by atoms with Crippen LogP contribution >= 0.6 is 0 Å². The van der Waals surface area contributed by atoms with Crippen molar-refractivity contribution < 1.29 is 19.7 Å². The number of hydrogen-bond donors (Lipinski definition) is 2. The van der Waals surface area contributed by atoms with Crippen LogP contribution in [0.4, 0.5) is 0 Å². The summed E-state index contributed by atoms with van der Waals surface area (Å²) in [6.07, 6.45) is 19.0. The fourth-order valence-electron chi connectivity index (χ4n) is 4.17. The van der Waals surface area contributed by atoms with Gasteiger partial charge in [-0.25, -0.2) is 0 Å². The SMILES string of the molecule is CCCCC1C=C[C-](CCc2ccc(O)c(OCCC3=C[C+]([C@H](C)CCCCO)C=N3)c2)[OH+]1. The largest absolute Gasteiger partial charge is 0.504 e. The highest BCUT2D eigenvalue weighted by Crippen LogP contribution is 2.31. The fraction of sp³-hybridized carbons (Fsp3) is 0.536. The second kappa shape index (κ2) is 13.4. The molecule has 0 aromatic heterocycles. The lowest BCUT2D eigenvalue weighted by atomic mass is 9.90. The molecule has 1 unspecified atom stereocenters. The van der Waals surface area contributed by atoms with Gasteiger partial charge in [0.25, 0.3) is 0 Å². The first-order valence-corrected chi connectivity index (χ1v) is 12.5. The van der Waals surface area contributed by atoms with Crippen LogP contribution in [0.25, 0.3) is 0 Å². The third kappa shape index (κ3) is 8.17. The molecule has 1 aromatic carbocycles. The highest BCUT2D eigenvalue weighted by molar-refractivity contribution is 5.82. The molecule has 2 aliphatic heterocycles. The van der Waals surface area contributed by atoms with E-state index in [1.165, 1.54) is 18.8 Å². The van der Waals surface area contributed by atoms with E-state index in [1.807, 2.05) is 18.3 Å². The number of benzene rings is 1. The van der Waals surface area contributed by atoms with Crippen molar-refractivity contribution >= 4 is 6.21 Å². The highest BCUT2D eigenvalue weighted by Gasteiger charge is 2.27. The van der Waals surface area contributed by atoms with E-state index in [0.29, 0.717) is 30.8 Å². The van der Waals surface area contributed by atoms with Crippen molar-refractivity contribution in [1.82, 2.24) is 0 Å². The minimum Gasteiger partial charge on any atom is -0.504 e. The first-order chi connectivity index (χ1) is 16.1. The van der Waals surface area contributed by atoms with E-state index in [0.717, 1.165) is 55.9 Å². The van der Waals surface area contributed by atoms with Crippen molar-refractivity contribution in [1.29, 1.82) is 0 Å². The van der Waals surface area contributed by atoms with Crippen molar-refractivity contribution in [2.75, 3.05) is 13.2 Å². The zero-order valence-electron chi connectivity index (χ0n) is 20.2. The fourth-order valence-corrected chi connectivity index (χ4v) is 4.17. The molecule has 1 aromatic rings. The summed E-state index contributed by atoms with van der Waals surface area (Å²) >= 11 is 0. The van der Waals surface area contributed by atoms with Crippen molar-refractivity contribution in [3.8, 4) is 11.5 Å². The Morgan fingerprint density at radius 1 is 1.24 bits per heavy atom. The summed E-state index contributed by atoms with van der Waals surface area (Å²) < 4.78 is 10.7. The Bertz CT molecular complexity index is 816. The first-order valence-electron chi connectivity index (χ1n) is 12.5. The van der Waals surface area contributed by atoms with Crippen LogP contribution in [-0.2, 0) is 6.42 Å². The number of phenols is 1. The van der Waals surface area contributed by atoms with E-state index in [-0.39, 0.29) is 12.4 Å².